The molecule has 22 heavy (non-hydrogen) atoms. The summed E-state index contributed by atoms with van der Waals surface area (Å²) in [6.45, 7) is 7.13. The molecular formula is C14H21N7O. The van der Waals surface area contributed by atoms with Crippen LogP contribution in [0.5, 0.6) is 0 Å². The number of piperazine rings is 1. The van der Waals surface area contributed by atoms with Gasteiger partial charge in [-0.15, -0.1) is 0 Å². The third-order valence-electron chi connectivity index (χ3n) is 4.23. The van der Waals surface area contributed by atoms with Crippen molar-refractivity contribution in [2.75, 3.05) is 26.2 Å². The molecule has 3 rings (SSSR count). The van der Waals surface area contributed by atoms with Crippen molar-refractivity contribution in [3.05, 3.63) is 30.9 Å². The summed E-state index contributed by atoms with van der Waals surface area (Å²) >= 11 is 0. The number of rotatable bonds is 4. The molecule has 3 heterocycles. The highest BCUT2D eigenvalue weighted by Crippen LogP contribution is 2.24. The molecule has 1 aliphatic rings. The summed E-state index contributed by atoms with van der Waals surface area (Å²) in [5.41, 5.74) is 0. The van der Waals surface area contributed by atoms with Gasteiger partial charge in [0.15, 0.2) is 0 Å². The maximum atomic E-state index is 12.7. The van der Waals surface area contributed by atoms with Crippen molar-refractivity contribution in [1.29, 1.82) is 0 Å². The molecule has 2 aromatic heterocycles. The number of aromatic nitrogens is 5. The first-order chi connectivity index (χ1) is 10.7. The number of carbonyl (C=O) groups is 1. The standard InChI is InChI=1S/C14H21N7O/c1-3-19-6-7-20(8-12(19)13-16-4-5-17-13)14(22)11(2)21-10-15-9-18-21/h4-5,9-12H,3,6-8H2,1-2H3,(H,16,17). The molecule has 1 aliphatic heterocycles. The molecule has 1 amide bonds. The Balaban J connectivity index is 1.74. The minimum Gasteiger partial charge on any atom is -0.347 e. The van der Waals surface area contributed by atoms with E-state index in [1.165, 1.54) is 6.33 Å². The number of aromatic amines is 1. The van der Waals surface area contributed by atoms with Crippen molar-refractivity contribution in [1.82, 2.24) is 34.5 Å². The van der Waals surface area contributed by atoms with Crippen LogP contribution in [0.1, 0.15) is 31.8 Å². The van der Waals surface area contributed by atoms with E-state index in [1.807, 2.05) is 18.0 Å². The molecule has 1 saturated heterocycles. The van der Waals surface area contributed by atoms with Gasteiger partial charge in [0.2, 0.25) is 5.91 Å². The molecular weight excluding hydrogens is 282 g/mol. The van der Waals surface area contributed by atoms with E-state index in [1.54, 1.807) is 17.2 Å². The SMILES string of the molecule is CCN1CCN(C(=O)C(C)n2cncn2)CC1c1ncc[nH]1. The highest BCUT2D eigenvalue weighted by molar-refractivity contribution is 5.80. The monoisotopic (exact) mass is 303 g/mol. The van der Waals surface area contributed by atoms with Gasteiger partial charge in [0.05, 0.1) is 6.04 Å². The highest BCUT2D eigenvalue weighted by atomic mass is 16.2. The molecule has 118 valence electrons. The smallest absolute Gasteiger partial charge is 0.247 e. The number of amides is 1. The van der Waals surface area contributed by atoms with E-state index in [0.717, 1.165) is 25.5 Å². The second kappa shape index (κ2) is 6.27. The van der Waals surface area contributed by atoms with E-state index < -0.39 is 0 Å². The Hall–Kier alpha value is -2.22. The summed E-state index contributed by atoms with van der Waals surface area (Å²) in [7, 11) is 0. The lowest BCUT2D eigenvalue weighted by Crippen LogP contribution is -2.52. The molecule has 0 spiro atoms. The largest absolute Gasteiger partial charge is 0.347 e. The van der Waals surface area contributed by atoms with Gasteiger partial charge >= 0.3 is 0 Å². The van der Waals surface area contributed by atoms with Gasteiger partial charge in [0.1, 0.15) is 24.5 Å². The molecule has 0 aliphatic carbocycles. The maximum Gasteiger partial charge on any atom is 0.247 e. The van der Waals surface area contributed by atoms with Gasteiger partial charge in [-0.1, -0.05) is 6.92 Å². The number of nitrogens with zero attached hydrogens (tertiary/aromatic N) is 6. The summed E-state index contributed by atoms with van der Waals surface area (Å²) in [5.74, 6) is 0.977. The van der Waals surface area contributed by atoms with E-state index in [4.69, 9.17) is 0 Å². The van der Waals surface area contributed by atoms with Gasteiger partial charge in [-0.3, -0.25) is 9.69 Å². The number of imidazole rings is 1. The fourth-order valence-electron chi connectivity index (χ4n) is 2.91. The first kappa shape index (κ1) is 14.7. The first-order valence-corrected chi connectivity index (χ1v) is 7.57. The van der Waals surface area contributed by atoms with E-state index in [2.05, 4.69) is 31.9 Å². The second-order valence-corrected chi connectivity index (χ2v) is 5.45. The van der Waals surface area contributed by atoms with Gasteiger partial charge < -0.3 is 9.88 Å². The van der Waals surface area contributed by atoms with Crippen LogP contribution in [0, 0.1) is 0 Å². The molecule has 0 saturated carbocycles. The van der Waals surface area contributed by atoms with Crippen molar-refractivity contribution >= 4 is 5.91 Å². The predicted molar refractivity (Wildman–Crippen MR) is 79.9 cm³/mol. The number of hydrogen-bond donors (Lipinski definition) is 1. The zero-order chi connectivity index (χ0) is 15.5. The van der Waals surface area contributed by atoms with E-state index in [9.17, 15) is 4.79 Å². The Morgan fingerprint density at radius 1 is 1.50 bits per heavy atom. The quantitative estimate of drug-likeness (QED) is 0.887. The zero-order valence-electron chi connectivity index (χ0n) is 12.9. The lowest BCUT2D eigenvalue weighted by atomic mass is 10.1. The molecule has 0 aromatic carbocycles. The zero-order valence-corrected chi connectivity index (χ0v) is 12.9. The average molecular weight is 303 g/mol. The summed E-state index contributed by atoms with van der Waals surface area (Å²) in [6, 6.07) is -0.228. The number of H-pyrrole nitrogens is 1. The van der Waals surface area contributed by atoms with E-state index in [-0.39, 0.29) is 18.0 Å². The summed E-state index contributed by atoms with van der Waals surface area (Å²) in [5, 5.41) is 4.06. The second-order valence-electron chi connectivity index (χ2n) is 5.45. The predicted octanol–water partition coefficient (Wildman–Crippen LogP) is 0.468. The molecule has 2 atom stereocenters. The van der Waals surface area contributed by atoms with Crippen LogP contribution in [0.3, 0.4) is 0 Å². The van der Waals surface area contributed by atoms with Crippen LogP contribution in [-0.2, 0) is 4.79 Å². The van der Waals surface area contributed by atoms with Crippen molar-refractivity contribution in [2.24, 2.45) is 0 Å². The fourth-order valence-corrected chi connectivity index (χ4v) is 2.91. The van der Waals surface area contributed by atoms with Gasteiger partial charge in [0, 0.05) is 32.0 Å². The van der Waals surface area contributed by atoms with Gasteiger partial charge in [0.25, 0.3) is 0 Å². The Labute approximate surface area is 129 Å². The summed E-state index contributed by atoms with van der Waals surface area (Å²) in [6.07, 6.45) is 6.60. The Morgan fingerprint density at radius 3 is 3.00 bits per heavy atom. The summed E-state index contributed by atoms with van der Waals surface area (Å²) < 4.78 is 1.59. The minimum absolute atomic E-state index is 0.0674. The number of carbonyl (C=O) groups excluding carboxylic acids is 1. The molecule has 2 aromatic rings. The molecule has 1 N–H and O–H groups in total. The minimum atomic E-state index is -0.340. The fraction of sp³-hybridized carbons (Fsp3) is 0.571. The van der Waals surface area contributed by atoms with Crippen LogP contribution in [0.25, 0.3) is 0 Å². The van der Waals surface area contributed by atoms with E-state index in [0.29, 0.717) is 6.54 Å². The van der Waals surface area contributed by atoms with Crippen LogP contribution in [-0.4, -0.2) is 66.6 Å². The number of likely N-dealkylation sites (N-methyl/N-ethyl adjacent to an activating group) is 1. The van der Waals surface area contributed by atoms with E-state index >= 15 is 0 Å². The summed E-state index contributed by atoms with van der Waals surface area (Å²) in [4.78, 5) is 28.4. The van der Waals surface area contributed by atoms with Gasteiger partial charge in [-0.05, 0) is 13.5 Å². The molecule has 8 heteroatoms. The maximum absolute atomic E-state index is 12.7. The first-order valence-electron chi connectivity index (χ1n) is 7.57. The number of nitrogens with one attached hydrogen (secondary N) is 1. The highest BCUT2D eigenvalue weighted by Gasteiger charge is 2.33. The molecule has 1 fully saturated rings. The van der Waals surface area contributed by atoms with Crippen LogP contribution >= 0.6 is 0 Å². The third kappa shape index (κ3) is 2.74. The molecule has 0 radical (unpaired) electrons. The topological polar surface area (TPSA) is 82.9 Å². The van der Waals surface area contributed by atoms with Crippen molar-refractivity contribution in [2.45, 2.75) is 25.9 Å². The van der Waals surface area contributed by atoms with Crippen LogP contribution in [0.15, 0.2) is 25.0 Å². The average Bonchev–Trinajstić information content (AvgIpc) is 3.25. The van der Waals surface area contributed by atoms with Crippen molar-refractivity contribution in [3.8, 4) is 0 Å². The van der Waals surface area contributed by atoms with Gasteiger partial charge in [-0.2, -0.15) is 5.10 Å². The van der Waals surface area contributed by atoms with Crippen LogP contribution < -0.4 is 0 Å². The lowest BCUT2D eigenvalue weighted by Gasteiger charge is -2.40. The molecule has 0 bridgehead atoms. The van der Waals surface area contributed by atoms with Gasteiger partial charge in [-0.25, -0.2) is 14.6 Å². The van der Waals surface area contributed by atoms with Crippen LogP contribution in [0.2, 0.25) is 0 Å². The van der Waals surface area contributed by atoms with Crippen molar-refractivity contribution in [3.63, 3.8) is 0 Å². The normalized spacial score (nSPS) is 21.0. The Morgan fingerprint density at radius 2 is 2.36 bits per heavy atom. The molecule has 8 nitrogen and oxygen atoms in total. The number of hydrogen-bond acceptors (Lipinski definition) is 5. The molecule has 2 unspecified atom stereocenters. The Kier molecular flexibility index (Phi) is 4.19. The van der Waals surface area contributed by atoms with Crippen molar-refractivity contribution < 1.29 is 4.79 Å². The van der Waals surface area contributed by atoms with Crippen LogP contribution in [0.4, 0.5) is 0 Å². The lowest BCUT2D eigenvalue weighted by molar-refractivity contribution is -0.137. The third-order valence-corrected chi connectivity index (χ3v) is 4.23. The Bertz CT molecular complexity index is 595.